The average Bonchev–Trinajstić information content (AvgIpc) is 2.44. The molecular weight excluding hydrogens is 288 g/mol. The van der Waals surface area contributed by atoms with Gasteiger partial charge in [0.2, 0.25) is 0 Å². The lowest BCUT2D eigenvalue weighted by Crippen LogP contribution is -2.36. The molecule has 0 bridgehead atoms. The average molecular weight is 313 g/mol. The summed E-state index contributed by atoms with van der Waals surface area (Å²) in [6.45, 7) is 8.52. The highest BCUT2D eigenvalue weighted by Crippen LogP contribution is 2.14. The molecule has 0 aliphatic rings. The van der Waals surface area contributed by atoms with Crippen molar-refractivity contribution in [2.24, 2.45) is 0 Å². The van der Waals surface area contributed by atoms with Gasteiger partial charge in [-0.05, 0) is 39.4 Å². The Labute approximate surface area is 132 Å². The van der Waals surface area contributed by atoms with E-state index in [0.29, 0.717) is 29.1 Å². The van der Waals surface area contributed by atoms with Gasteiger partial charge >= 0.3 is 0 Å². The van der Waals surface area contributed by atoms with Gasteiger partial charge in [-0.2, -0.15) is 0 Å². The second-order valence-corrected chi connectivity index (χ2v) is 5.71. The van der Waals surface area contributed by atoms with Crippen molar-refractivity contribution in [3.8, 4) is 0 Å². The van der Waals surface area contributed by atoms with Crippen LogP contribution in [0, 0.1) is 0 Å². The van der Waals surface area contributed by atoms with Crippen molar-refractivity contribution in [1.29, 1.82) is 0 Å². The van der Waals surface area contributed by atoms with Crippen molar-refractivity contribution in [2.75, 3.05) is 32.0 Å². The lowest BCUT2D eigenvalue weighted by atomic mass is 10.2. The number of carbonyl (C=O) groups is 1. The molecule has 0 saturated carbocycles. The van der Waals surface area contributed by atoms with Gasteiger partial charge in [0.15, 0.2) is 0 Å². The van der Waals surface area contributed by atoms with E-state index >= 15 is 0 Å². The molecule has 5 nitrogen and oxygen atoms in total. The smallest absolute Gasteiger partial charge is 0.251 e. The third kappa shape index (κ3) is 6.31. The van der Waals surface area contributed by atoms with E-state index in [4.69, 9.17) is 11.6 Å². The van der Waals surface area contributed by atoms with Crippen molar-refractivity contribution in [3.05, 3.63) is 22.8 Å². The first kappa shape index (κ1) is 17.7. The van der Waals surface area contributed by atoms with Crippen LogP contribution in [0.2, 0.25) is 5.15 Å². The molecule has 0 aliphatic carbocycles. The largest absolute Gasteiger partial charge is 0.370 e. The second kappa shape index (κ2) is 8.85. The highest BCUT2D eigenvalue weighted by Gasteiger charge is 2.10. The molecule has 1 heterocycles. The summed E-state index contributed by atoms with van der Waals surface area (Å²) in [7, 11) is 2.03. The van der Waals surface area contributed by atoms with Gasteiger partial charge in [0.1, 0.15) is 11.0 Å². The summed E-state index contributed by atoms with van der Waals surface area (Å²) < 4.78 is 0. The second-order valence-electron chi connectivity index (χ2n) is 5.32. The normalized spacial score (nSPS) is 11.0. The van der Waals surface area contributed by atoms with Gasteiger partial charge in [-0.25, -0.2) is 4.98 Å². The van der Waals surface area contributed by atoms with Crippen molar-refractivity contribution >= 4 is 23.3 Å². The van der Waals surface area contributed by atoms with Crippen LogP contribution in [0.1, 0.15) is 37.6 Å². The third-order valence-electron chi connectivity index (χ3n) is 3.24. The fourth-order valence-electron chi connectivity index (χ4n) is 1.68. The number of nitrogens with zero attached hydrogens (tertiary/aromatic N) is 2. The fraction of sp³-hybridized carbons (Fsp3) is 0.600. The van der Waals surface area contributed by atoms with Crippen molar-refractivity contribution in [3.63, 3.8) is 0 Å². The molecule has 1 aromatic heterocycles. The van der Waals surface area contributed by atoms with Gasteiger partial charge < -0.3 is 15.5 Å². The zero-order valence-electron chi connectivity index (χ0n) is 13.2. The topological polar surface area (TPSA) is 57.3 Å². The molecule has 0 unspecified atom stereocenters. The zero-order chi connectivity index (χ0) is 15.8. The number of halogens is 1. The molecule has 0 fully saturated rings. The van der Waals surface area contributed by atoms with E-state index < -0.39 is 0 Å². The summed E-state index contributed by atoms with van der Waals surface area (Å²) in [6, 6.07) is 3.77. The summed E-state index contributed by atoms with van der Waals surface area (Å²) in [6.07, 6.45) is 0.983. The molecule has 0 aromatic carbocycles. The molecule has 1 rings (SSSR count). The molecule has 0 spiro atoms. The molecule has 118 valence electrons. The first-order valence-electron chi connectivity index (χ1n) is 7.34. The molecule has 0 atom stereocenters. The van der Waals surface area contributed by atoms with Gasteiger partial charge in [-0.1, -0.05) is 18.5 Å². The van der Waals surface area contributed by atoms with Gasteiger partial charge in [0, 0.05) is 31.2 Å². The Bertz CT molecular complexity index is 465. The van der Waals surface area contributed by atoms with Crippen molar-refractivity contribution in [1.82, 2.24) is 15.2 Å². The molecule has 21 heavy (non-hydrogen) atoms. The molecule has 1 amide bonds. The predicted octanol–water partition coefficient (Wildman–Crippen LogP) is 2.63. The summed E-state index contributed by atoms with van der Waals surface area (Å²) in [5, 5.41) is 6.36. The molecule has 1 aromatic rings. The number of pyridine rings is 1. The van der Waals surface area contributed by atoms with Gasteiger partial charge in [0.05, 0.1) is 0 Å². The summed E-state index contributed by atoms with van der Waals surface area (Å²) in [5.74, 6) is 0.504. The van der Waals surface area contributed by atoms with Crippen molar-refractivity contribution < 1.29 is 4.79 Å². The number of rotatable bonds is 8. The van der Waals surface area contributed by atoms with Crippen LogP contribution in [0.15, 0.2) is 12.1 Å². The lowest BCUT2D eigenvalue weighted by Gasteiger charge is -2.20. The molecule has 0 radical (unpaired) electrons. The van der Waals surface area contributed by atoms with E-state index in [1.54, 1.807) is 12.1 Å². The van der Waals surface area contributed by atoms with Crippen LogP contribution in [0.3, 0.4) is 0 Å². The molecule has 2 N–H and O–H groups in total. The Kier molecular flexibility index (Phi) is 7.47. The minimum absolute atomic E-state index is 0.129. The molecule has 6 heteroatoms. The predicted molar refractivity (Wildman–Crippen MR) is 88.1 cm³/mol. The fourth-order valence-corrected chi connectivity index (χ4v) is 1.89. The van der Waals surface area contributed by atoms with E-state index in [1.165, 1.54) is 0 Å². The number of aromatic nitrogens is 1. The first-order valence-corrected chi connectivity index (χ1v) is 7.71. The Morgan fingerprint density at radius 3 is 2.71 bits per heavy atom. The van der Waals surface area contributed by atoms with E-state index in [0.717, 1.165) is 19.5 Å². The highest BCUT2D eigenvalue weighted by atomic mass is 35.5. The van der Waals surface area contributed by atoms with Crippen LogP contribution in [0.25, 0.3) is 0 Å². The van der Waals surface area contributed by atoms with Crippen molar-refractivity contribution in [2.45, 2.75) is 33.2 Å². The van der Waals surface area contributed by atoms with Gasteiger partial charge in [-0.3, -0.25) is 4.79 Å². The summed E-state index contributed by atoms with van der Waals surface area (Å²) in [5.41, 5.74) is 0.529. The maximum atomic E-state index is 12.1. The SMILES string of the molecule is CCCNc1cc(C(=O)NCCN(C)C(C)C)cc(Cl)n1. The Morgan fingerprint density at radius 1 is 1.38 bits per heavy atom. The first-order chi connectivity index (χ1) is 9.93. The number of hydrogen-bond donors (Lipinski definition) is 2. The number of carbonyl (C=O) groups excluding carboxylic acids is 1. The minimum Gasteiger partial charge on any atom is -0.370 e. The standard InChI is InChI=1S/C15H25ClN4O/c1-5-6-17-14-10-12(9-13(16)19-14)15(21)18-7-8-20(4)11(2)3/h9-11H,5-8H2,1-4H3,(H,17,19)(H,18,21). The minimum atomic E-state index is -0.129. The lowest BCUT2D eigenvalue weighted by molar-refractivity contribution is 0.0948. The Morgan fingerprint density at radius 2 is 2.10 bits per heavy atom. The number of hydrogen-bond acceptors (Lipinski definition) is 4. The summed E-state index contributed by atoms with van der Waals surface area (Å²) in [4.78, 5) is 18.5. The molecular formula is C15H25ClN4O. The van der Waals surface area contributed by atoms with Crippen LogP contribution in [-0.4, -0.2) is 48.5 Å². The number of nitrogens with one attached hydrogen (secondary N) is 2. The van der Waals surface area contributed by atoms with Crippen LogP contribution >= 0.6 is 11.6 Å². The maximum absolute atomic E-state index is 12.1. The number of likely N-dealkylation sites (N-methyl/N-ethyl adjacent to an activating group) is 1. The number of amides is 1. The van der Waals surface area contributed by atoms with Gasteiger partial charge in [-0.15, -0.1) is 0 Å². The summed E-state index contributed by atoms with van der Waals surface area (Å²) >= 11 is 5.96. The highest BCUT2D eigenvalue weighted by molar-refractivity contribution is 6.29. The van der Waals surface area contributed by atoms with Crippen LogP contribution in [-0.2, 0) is 0 Å². The van der Waals surface area contributed by atoms with E-state index in [-0.39, 0.29) is 5.91 Å². The third-order valence-corrected chi connectivity index (χ3v) is 3.44. The maximum Gasteiger partial charge on any atom is 0.251 e. The van der Waals surface area contributed by atoms with Crippen LogP contribution < -0.4 is 10.6 Å². The zero-order valence-corrected chi connectivity index (χ0v) is 14.0. The number of anilines is 1. The monoisotopic (exact) mass is 312 g/mol. The molecule has 0 aliphatic heterocycles. The van der Waals surface area contributed by atoms with E-state index in [2.05, 4.69) is 41.3 Å². The van der Waals surface area contributed by atoms with Gasteiger partial charge in [0.25, 0.3) is 5.91 Å². The van der Waals surface area contributed by atoms with Crippen LogP contribution in [0.5, 0.6) is 0 Å². The Hall–Kier alpha value is -1.33. The van der Waals surface area contributed by atoms with E-state index in [1.807, 2.05) is 7.05 Å². The Balaban J connectivity index is 2.59. The molecule has 0 saturated heterocycles. The quantitative estimate of drug-likeness (QED) is 0.725. The van der Waals surface area contributed by atoms with Crippen LogP contribution in [0.4, 0.5) is 5.82 Å². The van der Waals surface area contributed by atoms with E-state index in [9.17, 15) is 4.79 Å².